The van der Waals surface area contributed by atoms with Crippen LogP contribution in [0.3, 0.4) is 0 Å². The van der Waals surface area contributed by atoms with Crippen LogP contribution in [0.5, 0.6) is 0 Å². The van der Waals surface area contributed by atoms with Gasteiger partial charge in [0.2, 0.25) is 0 Å². The molecule has 126 valence electrons. The van der Waals surface area contributed by atoms with E-state index in [4.69, 9.17) is 4.74 Å². The van der Waals surface area contributed by atoms with Crippen molar-refractivity contribution >= 4 is 6.03 Å². The molecule has 0 aliphatic carbocycles. The number of hydrogen-bond donors (Lipinski definition) is 1. The predicted octanol–water partition coefficient (Wildman–Crippen LogP) is 3.06. The van der Waals surface area contributed by atoms with Gasteiger partial charge in [-0.1, -0.05) is 24.3 Å². The lowest BCUT2D eigenvalue weighted by Gasteiger charge is -2.34. The van der Waals surface area contributed by atoms with Crippen LogP contribution in [-0.4, -0.2) is 35.6 Å². The largest absolute Gasteiger partial charge is 0.370 e. The van der Waals surface area contributed by atoms with Crippen molar-refractivity contribution in [3.8, 4) is 0 Å². The second-order valence-electron chi connectivity index (χ2n) is 5.78. The average molecular weight is 329 g/mol. The number of amides is 2. The lowest BCUT2D eigenvalue weighted by atomic mass is 10.1. The minimum atomic E-state index is -0.445. The lowest BCUT2D eigenvalue weighted by molar-refractivity contribution is -0.0174. The Labute approximate surface area is 140 Å². The fraction of sp³-hybridized carbons (Fsp3) is 0.333. The molecule has 1 aliphatic heterocycles. The number of ether oxygens (including phenoxy) is 1. The van der Waals surface area contributed by atoms with Crippen LogP contribution < -0.4 is 5.32 Å². The number of aromatic nitrogens is 1. The lowest BCUT2D eigenvalue weighted by Crippen LogP contribution is -2.47. The summed E-state index contributed by atoms with van der Waals surface area (Å²) in [5.41, 5.74) is 1.42. The van der Waals surface area contributed by atoms with Gasteiger partial charge in [0.05, 0.1) is 19.2 Å². The highest BCUT2D eigenvalue weighted by molar-refractivity contribution is 5.74. The van der Waals surface area contributed by atoms with Gasteiger partial charge in [-0.05, 0) is 24.6 Å². The van der Waals surface area contributed by atoms with E-state index in [-0.39, 0.29) is 17.9 Å². The van der Waals surface area contributed by atoms with Crippen molar-refractivity contribution in [3.63, 3.8) is 0 Å². The van der Waals surface area contributed by atoms with E-state index in [9.17, 15) is 9.18 Å². The first-order valence-corrected chi connectivity index (χ1v) is 7.96. The number of benzene rings is 1. The number of carbonyl (C=O) groups excluding carboxylic acids is 1. The summed E-state index contributed by atoms with van der Waals surface area (Å²) in [6.07, 6.45) is 2.98. The Morgan fingerprint density at radius 3 is 2.96 bits per heavy atom. The highest BCUT2D eigenvalue weighted by Crippen LogP contribution is 2.24. The number of hydrogen-bond acceptors (Lipinski definition) is 3. The van der Waals surface area contributed by atoms with Crippen LogP contribution in [0.4, 0.5) is 9.18 Å². The first-order chi connectivity index (χ1) is 11.6. The van der Waals surface area contributed by atoms with Crippen LogP contribution in [0.25, 0.3) is 0 Å². The maximum atomic E-state index is 13.9. The van der Waals surface area contributed by atoms with Gasteiger partial charge < -0.3 is 15.0 Å². The Morgan fingerprint density at radius 1 is 1.38 bits per heavy atom. The second kappa shape index (κ2) is 7.40. The maximum Gasteiger partial charge on any atom is 0.318 e. The Kier molecular flexibility index (Phi) is 5.05. The number of carbonyl (C=O) groups is 1. The normalized spacial score (nSPS) is 18.9. The molecular formula is C18H20FN3O2. The van der Waals surface area contributed by atoms with Gasteiger partial charge in [-0.15, -0.1) is 0 Å². The molecule has 1 aromatic carbocycles. The third kappa shape index (κ3) is 3.71. The van der Waals surface area contributed by atoms with Gasteiger partial charge in [0.25, 0.3) is 0 Å². The summed E-state index contributed by atoms with van der Waals surface area (Å²) in [5.74, 6) is -0.312. The van der Waals surface area contributed by atoms with Crippen LogP contribution in [-0.2, 0) is 4.74 Å². The molecule has 0 unspecified atom stereocenters. The minimum absolute atomic E-state index is 0.152. The third-order valence-corrected chi connectivity index (χ3v) is 4.13. The van der Waals surface area contributed by atoms with Gasteiger partial charge in [-0.3, -0.25) is 4.98 Å². The van der Waals surface area contributed by atoms with Crippen molar-refractivity contribution in [2.45, 2.75) is 19.1 Å². The molecule has 0 radical (unpaired) electrons. The molecule has 6 heteroatoms. The number of nitrogens with zero attached hydrogens (tertiary/aromatic N) is 2. The second-order valence-corrected chi connectivity index (χ2v) is 5.78. The SMILES string of the molecule is C[C@H](NC(=O)N1CCO[C@H](c2ccccc2F)C1)c1cccnc1. The van der Waals surface area contributed by atoms with Crippen LogP contribution in [0.15, 0.2) is 48.8 Å². The van der Waals surface area contributed by atoms with Crippen molar-refractivity contribution < 1.29 is 13.9 Å². The summed E-state index contributed by atoms with van der Waals surface area (Å²) >= 11 is 0. The smallest absolute Gasteiger partial charge is 0.318 e. The predicted molar refractivity (Wildman–Crippen MR) is 87.8 cm³/mol. The first kappa shape index (κ1) is 16.4. The van der Waals surface area contributed by atoms with E-state index < -0.39 is 6.10 Å². The molecule has 2 atom stereocenters. The summed E-state index contributed by atoms with van der Waals surface area (Å²) in [5, 5.41) is 2.95. The molecule has 2 heterocycles. The summed E-state index contributed by atoms with van der Waals surface area (Å²) < 4.78 is 19.6. The Hall–Kier alpha value is -2.47. The monoisotopic (exact) mass is 329 g/mol. The molecule has 1 fully saturated rings. The Morgan fingerprint density at radius 2 is 2.21 bits per heavy atom. The van der Waals surface area contributed by atoms with Crippen molar-refractivity contribution in [2.75, 3.05) is 19.7 Å². The summed E-state index contributed by atoms with van der Waals surface area (Å²) in [4.78, 5) is 18.2. The number of nitrogens with one attached hydrogen (secondary N) is 1. The molecule has 3 rings (SSSR count). The molecule has 1 saturated heterocycles. The fourth-order valence-electron chi connectivity index (χ4n) is 2.75. The van der Waals surface area contributed by atoms with E-state index in [2.05, 4.69) is 10.3 Å². The van der Waals surface area contributed by atoms with Crippen LogP contribution in [0.2, 0.25) is 0 Å². The van der Waals surface area contributed by atoms with Gasteiger partial charge in [-0.25, -0.2) is 9.18 Å². The molecule has 2 aromatic rings. The van der Waals surface area contributed by atoms with E-state index in [1.807, 2.05) is 19.1 Å². The van der Waals surface area contributed by atoms with Gasteiger partial charge >= 0.3 is 6.03 Å². The van der Waals surface area contributed by atoms with Gasteiger partial charge in [0.1, 0.15) is 11.9 Å². The minimum Gasteiger partial charge on any atom is -0.370 e. The van der Waals surface area contributed by atoms with E-state index in [1.165, 1.54) is 6.07 Å². The molecule has 5 nitrogen and oxygen atoms in total. The molecule has 1 aromatic heterocycles. The zero-order valence-corrected chi connectivity index (χ0v) is 13.5. The number of halogens is 1. The molecule has 1 N–H and O–H groups in total. The molecule has 2 amide bonds. The van der Waals surface area contributed by atoms with Crippen LogP contribution in [0, 0.1) is 5.82 Å². The number of pyridine rings is 1. The van der Waals surface area contributed by atoms with E-state index in [0.29, 0.717) is 25.3 Å². The number of morpholine rings is 1. The average Bonchev–Trinajstić information content (AvgIpc) is 2.63. The quantitative estimate of drug-likeness (QED) is 0.941. The van der Waals surface area contributed by atoms with Gasteiger partial charge in [0.15, 0.2) is 0 Å². The maximum absolute atomic E-state index is 13.9. The van der Waals surface area contributed by atoms with Gasteiger partial charge in [0, 0.05) is 24.5 Å². The number of urea groups is 1. The summed E-state index contributed by atoms with van der Waals surface area (Å²) in [6.45, 7) is 3.10. The fourth-order valence-corrected chi connectivity index (χ4v) is 2.75. The Bertz CT molecular complexity index is 696. The zero-order chi connectivity index (χ0) is 16.9. The van der Waals surface area contributed by atoms with Crippen molar-refractivity contribution in [3.05, 3.63) is 65.7 Å². The van der Waals surface area contributed by atoms with Crippen LogP contribution in [0.1, 0.15) is 30.2 Å². The molecule has 24 heavy (non-hydrogen) atoms. The van der Waals surface area contributed by atoms with Gasteiger partial charge in [-0.2, -0.15) is 0 Å². The van der Waals surface area contributed by atoms with E-state index in [0.717, 1.165) is 5.56 Å². The number of rotatable bonds is 3. The highest BCUT2D eigenvalue weighted by atomic mass is 19.1. The highest BCUT2D eigenvalue weighted by Gasteiger charge is 2.27. The molecule has 0 saturated carbocycles. The molecule has 0 spiro atoms. The topological polar surface area (TPSA) is 54.5 Å². The third-order valence-electron chi connectivity index (χ3n) is 4.13. The first-order valence-electron chi connectivity index (χ1n) is 7.96. The molecule has 0 bridgehead atoms. The standard InChI is InChI=1S/C18H20FN3O2/c1-13(14-5-4-8-20-11-14)21-18(23)22-9-10-24-17(12-22)15-6-2-3-7-16(15)19/h2-8,11,13,17H,9-10,12H2,1H3,(H,21,23)/t13-,17-/m0/s1. The Balaban J connectivity index is 1.64. The van der Waals surface area contributed by atoms with Crippen molar-refractivity contribution in [1.82, 2.24) is 15.2 Å². The van der Waals surface area contributed by atoms with Crippen molar-refractivity contribution in [1.29, 1.82) is 0 Å². The summed E-state index contributed by atoms with van der Waals surface area (Å²) in [7, 11) is 0. The van der Waals surface area contributed by atoms with Crippen LogP contribution >= 0.6 is 0 Å². The van der Waals surface area contributed by atoms with E-state index in [1.54, 1.807) is 35.5 Å². The zero-order valence-electron chi connectivity index (χ0n) is 13.5. The molecular weight excluding hydrogens is 309 g/mol. The van der Waals surface area contributed by atoms with Crippen molar-refractivity contribution in [2.24, 2.45) is 0 Å². The van der Waals surface area contributed by atoms with E-state index >= 15 is 0 Å². The molecule has 1 aliphatic rings. The summed E-state index contributed by atoms with van der Waals surface area (Å²) in [6, 6.07) is 9.92.